The molecule has 0 amide bonds. The lowest BCUT2D eigenvalue weighted by atomic mass is 10.1. The van der Waals surface area contributed by atoms with Crippen LogP contribution < -0.4 is 0 Å². The number of aromatic nitrogens is 2. The van der Waals surface area contributed by atoms with Gasteiger partial charge in [-0.3, -0.25) is 0 Å². The van der Waals surface area contributed by atoms with Crippen molar-refractivity contribution in [1.82, 2.24) is 10.2 Å². The summed E-state index contributed by atoms with van der Waals surface area (Å²) in [6.07, 6.45) is 1.60. The number of nitrogens with zero attached hydrogens (tertiary/aromatic N) is 2. The van der Waals surface area contributed by atoms with Gasteiger partial charge in [0.25, 0.3) is 5.92 Å². The number of hydrogen-bond donors (Lipinski definition) is 0. The molecule has 0 fully saturated rings. The van der Waals surface area contributed by atoms with Crippen molar-refractivity contribution in [3.63, 3.8) is 0 Å². The normalized spacial score (nSPS) is 12.8. The molecule has 0 atom stereocenters. The van der Waals surface area contributed by atoms with Crippen LogP contribution in [0, 0.1) is 0 Å². The molecule has 0 aliphatic heterocycles. The molecule has 0 aromatic carbocycles. The fraction of sp³-hybridized carbons (Fsp3) is 0.714. The average Bonchev–Trinajstić information content (AvgIpc) is 2.25. The Morgan fingerprint density at radius 3 is 2.26 bits per heavy atom. The maximum Gasteiger partial charge on any atom is 0.288 e. The van der Waals surface area contributed by atoms with E-state index in [-0.39, 0.29) is 17.9 Å². The van der Waals surface area contributed by atoms with Gasteiger partial charge in [0.05, 0.1) is 17.9 Å². The van der Waals surface area contributed by atoms with Crippen molar-refractivity contribution in [3.8, 4) is 0 Å². The topological polar surface area (TPSA) is 35.0 Å². The van der Waals surface area contributed by atoms with Gasteiger partial charge in [-0.15, -0.1) is 5.10 Å². The van der Waals surface area contributed by atoms with Crippen LogP contribution in [-0.4, -0.2) is 15.8 Å². The Labute approximate surface area is 113 Å². The number of aryl methyl sites for hydroxylation is 1. The van der Waals surface area contributed by atoms with E-state index in [1.807, 2.05) is 27.7 Å². The van der Waals surface area contributed by atoms with Crippen LogP contribution in [0.15, 0.2) is 6.07 Å². The van der Waals surface area contributed by atoms with E-state index in [1.165, 1.54) is 6.07 Å². The first-order valence-electron chi connectivity index (χ1n) is 6.51. The molecular formula is C14H22F2N2O. The van der Waals surface area contributed by atoms with E-state index in [2.05, 4.69) is 10.2 Å². The van der Waals surface area contributed by atoms with Gasteiger partial charge in [0.2, 0.25) is 0 Å². The van der Waals surface area contributed by atoms with Gasteiger partial charge in [0.1, 0.15) is 5.69 Å². The minimum absolute atomic E-state index is 0.275. The third-order valence-corrected chi connectivity index (χ3v) is 2.56. The van der Waals surface area contributed by atoms with Crippen molar-refractivity contribution >= 4 is 0 Å². The van der Waals surface area contributed by atoms with E-state index in [0.29, 0.717) is 12.0 Å². The van der Waals surface area contributed by atoms with Gasteiger partial charge >= 0.3 is 0 Å². The van der Waals surface area contributed by atoms with Crippen LogP contribution in [0.2, 0.25) is 0 Å². The second kappa shape index (κ2) is 5.90. The molecule has 3 nitrogen and oxygen atoms in total. The highest BCUT2D eigenvalue weighted by molar-refractivity contribution is 5.23. The van der Waals surface area contributed by atoms with Gasteiger partial charge < -0.3 is 4.74 Å². The van der Waals surface area contributed by atoms with Crippen LogP contribution >= 0.6 is 0 Å². The largest absolute Gasteiger partial charge is 0.371 e. The quantitative estimate of drug-likeness (QED) is 0.816. The minimum atomic E-state index is -2.98. The molecule has 0 radical (unpaired) electrons. The van der Waals surface area contributed by atoms with E-state index in [1.54, 1.807) is 0 Å². The Bertz CT molecular complexity index is 422. The number of halogens is 2. The van der Waals surface area contributed by atoms with Crippen LogP contribution in [-0.2, 0) is 23.7 Å². The number of ether oxygens (including phenoxy) is 1. The van der Waals surface area contributed by atoms with Crippen LogP contribution in [0.25, 0.3) is 0 Å². The third kappa shape index (κ3) is 5.19. The SMILES string of the molecule is CCCc1nnc(C(C)(F)F)cc1COC(C)(C)C. The van der Waals surface area contributed by atoms with Crippen LogP contribution in [0.4, 0.5) is 8.78 Å². The van der Waals surface area contributed by atoms with E-state index in [9.17, 15) is 8.78 Å². The van der Waals surface area contributed by atoms with Crippen molar-refractivity contribution in [2.45, 2.75) is 65.6 Å². The highest BCUT2D eigenvalue weighted by Crippen LogP contribution is 2.26. The molecule has 0 unspecified atom stereocenters. The van der Waals surface area contributed by atoms with Crippen LogP contribution in [0.5, 0.6) is 0 Å². The molecule has 0 spiro atoms. The fourth-order valence-corrected chi connectivity index (χ4v) is 1.54. The summed E-state index contributed by atoms with van der Waals surface area (Å²) in [5.41, 5.74) is 0.810. The molecule has 1 heterocycles. The summed E-state index contributed by atoms with van der Waals surface area (Å²) in [6, 6.07) is 1.41. The summed E-state index contributed by atoms with van der Waals surface area (Å²) in [7, 11) is 0. The molecule has 0 saturated carbocycles. The summed E-state index contributed by atoms with van der Waals surface area (Å²) >= 11 is 0. The number of alkyl halides is 2. The van der Waals surface area contributed by atoms with Gasteiger partial charge in [0, 0.05) is 12.5 Å². The Morgan fingerprint density at radius 2 is 1.79 bits per heavy atom. The highest BCUT2D eigenvalue weighted by Gasteiger charge is 2.28. The second-order valence-electron chi connectivity index (χ2n) is 5.74. The maximum atomic E-state index is 13.3. The molecule has 0 aliphatic rings. The monoisotopic (exact) mass is 272 g/mol. The zero-order valence-corrected chi connectivity index (χ0v) is 12.3. The first kappa shape index (κ1) is 16.0. The summed E-state index contributed by atoms with van der Waals surface area (Å²) in [6.45, 7) is 8.89. The predicted octanol–water partition coefficient (Wildman–Crippen LogP) is 3.86. The average molecular weight is 272 g/mol. The molecule has 0 aliphatic carbocycles. The molecular weight excluding hydrogens is 250 g/mol. The molecule has 0 N–H and O–H groups in total. The number of hydrogen-bond acceptors (Lipinski definition) is 3. The molecule has 0 saturated heterocycles. The smallest absolute Gasteiger partial charge is 0.288 e. The van der Waals surface area contributed by atoms with Crippen molar-refractivity contribution in [3.05, 3.63) is 23.0 Å². The van der Waals surface area contributed by atoms with Gasteiger partial charge in [-0.25, -0.2) is 0 Å². The van der Waals surface area contributed by atoms with Gasteiger partial charge in [-0.1, -0.05) is 13.3 Å². The van der Waals surface area contributed by atoms with E-state index < -0.39 is 5.92 Å². The van der Waals surface area contributed by atoms with Crippen molar-refractivity contribution < 1.29 is 13.5 Å². The zero-order chi connectivity index (χ0) is 14.7. The Kier molecular flexibility index (Phi) is 4.96. The molecule has 5 heteroatoms. The maximum absolute atomic E-state index is 13.3. The lowest BCUT2D eigenvalue weighted by Gasteiger charge is -2.21. The van der Waals surface area contributed by atoms with Gasteiger partial charge in [-0.05, 0) is 33.3 Å². The first-order chi connectivity index (χ1) is 8.63. The molecule has 1 rings (SSSR count). The van der Waals surface area contributed by atoms with Crippen molar-refractivity contribution in [1.29, 1.82) is 0 Å². The first-order valence-corrected chi connectivity index (χ1v) is 6.51. The second-order valence-corrected chi connectivity index (χ2v) is 5.74. The van der Waals surface area contributed by atoms with Crippen LogP contribution in [0.3, 0.4) is 0 Å². The van der Waals surface area contributed by atoms with E-state index >= 15 is 0 Å². The minimum Gasteiger partial charge on any atom is -0.371 e. The van der Waals surface area contributed by atoms with Crippen molar-refractivity contribution in [2.24, 2.45) is 0 Å². The zero-order valence-electron chi connectivity index (χ0n) is 12.3. The lowest BCUT2D eigenvalue weighted by Crippen LogP contribution is -2.20. The molecule has 0 bridgehead atoms. The summed E-state index contributed by atoms with van der Waals surface area (Å²) in [4.78, 5) is 0. The highest BCUT2D eigenvalue weighted by atomic mass is 19.3. The summed E-state index contributed by atoms with van der Waals surface area (Å²) in [5.74, 6) is -2.98. The van der Waals surface area contributed by atoms with Gasteiger partial charge in [0.15, 0.2) is 0 Å². The Balaban J connectivity index is 3.02. The van der Waals surface area contributed by atoms with E-state index in [0.717, 1.165) is 19.0 Å². The third-order valence-electron chi connectivity index (χ3n) is 2.56. The van der Waals surface area contributed by atoms with Crippen LogP contribution in [0.1, 0.15) is 58.0 Å². The lowest BCUT2D eigenvalue weighted by molar-refractivity contribution is -0.0162. The Morgan fingerprint density at radius 1 is 1.16 bits per heavy atom. The standard InChI is InChI=1S/C14H22F2N2O/c1-6-7-11-10(9-19-13(2,3)4)8-12(18-17-11)14(5,15)16/h8H,6-7,9H2,1-5H3. The van der Waals surface area contributed by atoms with Crippen molar-refractivity contribution in [2.75, 3.05) is 0 Å². The van der Waals surface area contributed by atoms with E-state index in [4.69, 9.17) is 4.74 Å². The molecule has 1 aromatic heterocycles. The number of rotatable bonds is 5. The van der Waals surface area contributed by atoms with Gasteiger partial charge in [-0.2, -0.15) is 13.9 Å². The molecule has 1 aromatic rings. The summed E-state index contributed by atoms with van der Waals surface area (Å²) < 4.78 is 32.2. The molecule has 19 heavy (non-hydrogen) atoms. The summed E-state index contributed by atoms with van der Waals surface area (Å²) in [5, 5.41) is 7.54. The molecule has 108 valence electrons. The Hall–Kier alpha value is -1.10. The predicted molar refractivity (Wildman–Crippen MR) is 70.1 cm³/mol. The fourth-order valence-electron chi connectivity index (χ4n) is 1.54.